The van der Waals surface area contributed by atoms with Gasteiger partial charge in [-0.3, -0.25) is 9.59 Å². The molecule has 2 amide bonds. The highest BCUT2D eigenvalue weighted by molar-refractivity contribution is 6.30. The minimum absolute atomic E-state index is 0.116. The smallest absolute Gasteiger partial charge is 0.245 e. The van der Waals surface area contributed by atoms with Gasteiger partial charge in [0.05, 0.1) is 0 Å². The lowest BCUT2D eigenvalue weighted by Gasteiger charge is -2.22. The van der Waals surface area contributed by atoms with E-state index in [1.807, 2.05) is 0 Å². The molecule has 0 bridgehead atoms. The number of amides is 2. The van der Waals surface area contributed by atoms with Crippen LogP contribution in [-0.4, -0.2) is 29.3 Å². The van der Waals surface area contributed by atoms with Gasteiger partial charge in [0.1, 0.15) is 11.9 Å². The van der Waals surface area contributed by atoms with E-state index in [9.17, 15) is 14.0 Å². The zero-order chi connectivity index (χ0) is 14.0. The summed E-state index contributed by atoms with van der Waals surface area (Å²) in [7, 11) is 0. The molecule has 1 heterocycles. The third kappa shape index (κ3) is 3.23. The fraction of sp³-hybridized carbons (Fsp3) is 0.385. The van der Waals surface area contributed by atoms with E-state index in [1.54, 1.807) is 6.92 Å². The number of carbonyl (C=O) groups excluding carboxylic acids is 2. The zero-order valence-corrected chi connectivity index (χ0v) is 11.2. The van der Waals surface area contributed by atoms with Crippen molar-refractivity contribution in [2.24, 2.45) is 0 Å². The number of halogens is 2. The highest BCUT2D eigenvalue weighted by atomic mass is 35.5. The average Bonchev–Trinajstić information content (AvgIpc) is 2.47. The molecule has 1 aliphatic heterocycles. The van der Waals surface area contributed by atoms with Gasteiger partial charge in [-0.15, -0.1) is 0 Å². The Kier molecular flexibility index (Phi) is 4.04. The van der Waals surface area contributed by atoms with Crippen LogP contribution in [0, 0.1) is 5.82 Å². The monoisotopic (exact) mass is 284 g/mol. The van der Waals surface area contributed by atoms with E-state index in [-0.39, 0.29) is 31.3 Å². The third-order valence-electron chi connectivity index (χ3n) is 3.04. The zero-order valence-electron chi connectivity index (χ0n) is 10.5. The lowest BCUT2D eigenvalue weighted by Crippen LogP contribution is -2.42. The Morgan fingerprint density at radius 1 is 1.47 bits per heavy atom. The van der Waals surface area contributed by atoms with Gasteiger partial charge < -0.3 is 10.2 Å². The molecule has 4 nitrogen and oxygen atoms in total. The SMILES string of the molecule is CC1NC(=O)CCN(Cc2cc(Cl)ccc2F)C1=O. The van der Waals surface area contributed by atoms with Crippen molar-refractivity contribution >= 4 is 23.4 Å². The Morgan fingerprint density at radius 3 is 2.95 bits per heavy atom. The molecule has 19 heavy (non-hydrogen) atoms. The Labute approximate surface area is 115 Å². The molecule has 1 aliphatic rings. The molecule has 0 aliphatic carbocycles. The summed E-state index contributed by atoms with van der Waals surface area (Å²) in [5.41, 5.74) is 0.349. The Balaban J connectivity index is 2.19. The summed E-state index contributed by atoms with van der Waals surface area (Å²) in [6.45, 7) is 2.01. The minimum Gasteiger partial charge on any atom is -0.345 e. The van der Waals surface area contributed by atoms with Crippen LogP contribution in [-0.2, 0) is 16.1 Å². The third-order valence-corrected chi connectivity index (χ3v) is 3.27. The van der Waals surface area contributed by atoms with Gasteiger partial charge >= 0.3 is 0 Å². The number of nitrogens with zero attached hydrogens (tertiary/aromatic N) is 1. The highest BCUT2D eigenvalue weighted by Crippen LogP contribution is 2.18. The van der Waals surface area contributed by atoms with E-state index in [2.05, 4.69) is 5.32 Å². The summed E-state index contributed by atoms with van der Waals surface area (Å²) < 4.78 is 13.6. The van der Waals surface area contributed by atoms with Crippen LogP contribution in [0.2, 0.25) is 5.02 Å². The largest absolute Gasteiger partial charge is 0.345 e. The predicted molar refractivity (Wildman–Crippen MR) is 69.0 cm³/mol. The van der Waals surface area contributed by atoms with E-state index in [1.165, 1.54) is 23.1 Å². The second-order valence-electron chi connectivity index (χ2n) is 4.53. The van der Waals surface area contributed by atoms with Gasteiger partial charge in [0.2, 0.25) is 11.8 Å². The fourth-order valence-corrected chi connectivity index (χ4v) is 2.22. The summed E-state index contributed by atoms with van der Waals surface area (Å²) in [6, 6.07) is 3.64. The van der Waals surface area contributed by atoms with Crippen molar-refractivity contribution in [3.63, 3.8) is 0 Å². The first-order chi connectivity index (χ1) is 8.97. The van der Waals surface area contributed by atoms with Gasteiger partial charge in [0.15, 0.2) is 0 Å². The molecule has 1 unspecified atom stereocenters. The molecule has 0 aromatic heterocycles. The maximum Gasteiger partial charge on any atom is 0.245 e. The summed E-state index contributed by atoms with van der Waals surface area (Å²) in [6.07, 6.45) is 0.221. The van der Waals surface area contributed by atoms with Crippen LogP contribution in [0.15, 0.2) is 18.2 Å². The molecule has 2 rings (SSSR count). The van der Waals surface area contributed by atoms with E-state index in [0.717, 1.165) is 0 Å². The molecular formula is C13H14ClFN2O2. The van der Waals surface area contributed by atoms with Crippen LogP contribution < -0.4 is 5.32 Å². The molecule has 1 fully saturated rings. The minimum atomic E-state index is -0.586. The molecule has 0 spiro atoms. The maximum atomic E-state index is 13.6. The van der Waals surface area contributed by atoms with Gasteiger partial charge in [0, 0.05) is 30.1 Å². The molecule has 1 saturated heterocycles. The van der Waals surface area contributed by atoms with Crippen molar-refractivity contribution in [3.05, 3.63) is 34.6 Å². The molecule has 6 heteroatoms. The lowest BCUT2D eigenvalue weighted by molar-refractivity contribution is -0.133. The average molecular weight is 285 g/mol. The van der Waals surface area contributed by atoms with E-state index in [0.29, 0.717) is 10.6 Å². The first-order valence-electron chi connectivity index (χ1n) is 5.99. The molecule has 0 radical (unpaired) electrons. The van der Waals surface area contributed by atoms with Crippen molar-refractivity contribution in [3.8, 4) is 0 Å². The first-order valence-corrected chi connectivity index (χ1v) is 6.37. The number of hydrogen-bond donors (Lipinski definition) is 1. The van der Waals surface area contributed by atoms with Gasteiger partial charge in [-0.2, -0.15) is 0 Å². The maximum absolute atomic E-state index is 13.6. The lowest BCUT2D eigenvalue weighted by atomic mass is 10.2. The van der Waals surface area contributed by atoms with E-state index in [4.69, 9.17) is 11.6 Å². The van der Waals surface area contributed by atoms with E-state index >= 15 is 0 Å². The standard InChI is InChI=1S/C13H14ClFN2O2/c1-8-13(19)17(5-4-12(18)16-8)7-9-6-10(14)2-3-11(9)15/h2-3,6,8H,4-5,7H2,1H3,(H,16,18). The number of nitrogens with one attached hydrogen (secondary N) is 1. The molecular weight excluding hydrogens is 271 g/mol. The topological polar surface area (TPSA) is 49.4 Å². The summed E-state index contributed by atoms with van der Waals surface area (Å²) in [5.74, 6) is -0.798. The van der Waals surface area contributed by atoms with Crippen molar-refractivity contribution in [2.45, 2.75) is 25.9 Å². The molecule has 1 atom stereocenters. The normalized spacial score (nSPS) is 20.2. The molecule has 102 valence electrons. The molecule has 0 saturated carbocycles. The van der Waals surface area contributed by atoms with Gasteiger partial charge in [-0.05, 0) is 25.1 Å². The van der Waals surface area contributed by atoms with Crippen LogP contribution in [0.4, 0.5) is 4.39 Å². The van der Waals surface area contributed by atoms with Crippen LogP contribution in [0.3, 0.4) is 0 Å². The van der Waals surface area contributed by atoms with Crippen LogP contribution in [0.25, 0.3) is 0 Å². The number of hydrogen-bond acceptors (Lipinski definition) is 2. The highest BCUT2D eigenvalue weighted by Gasteiger charge is 2.26. The van der Waals surface area contributed by atoms with Crippen LogP contribution in [0.1, 0.15) is 18.9 Å². The van der Waals surface area contributed by atoms with Crippen molar-refractivity contribution < 1.29 is 14.0 Å². The quantitative estimate of drug-likeness (QED) is 0.899. The van der Waals surface area contributed by atoms with Crippen LogP contribution in [0.5, 0.6) is 0 Å². The van der Waals surface area contributed by atoms with Crippen molar-refractivity contribution in [1.29, 1.82) is 0 Å². The summed E-state index contributed by atoms with van der Waals surface area (Å²) in [4.78, 5) is 24.9. The van der Waals surface area contributed by atoms with Gasteiger partial charge in [-0.25, -0.2) is 4.39 Å². The Morgan fingerprint density at radius 2 is 2.21 bits per heavy atom. The van der Waals surface area contributed by atoms with Gasteiger partial charge in [0.25, 0.3) is 0 Å². The second-order valence-corrected chi connectivity index (χ2v) is 4.97. The second kappa shape index (κ2) is 5.57. The predicted octanol–water partition coefficient (Wildman–Crippen LogP) is 1.72. The number of benzene rings is 1. The van der Waals surface area contributed by atoms with E-state index < -0.39 is 11.9 Å². The van der Waals surface area contributed by atoms with Gasteiger partial charge in [-0.1, -0.05) is 11.6 Å². The Bertz CT molecular complexity index is 521. The molecule has 1 aromatic rings. The summed E-state index contributed by atoms with van der Waals surface area (Å²) in [5, 5.41) is 3.00. The summed E-state index contributed by atoms with van der Waals surface area (Å²) >= 11 is 5.82. The Hall–Kier alpha value is -1.62. The van der Waals surface area contributed by atoms with Crippen molar-refractivity contribution in [2.75, 3.05) is 6.54 Å². The first kappa shape index (κ1) is 13.8. The fourth-order valence-electron chi connectivity index (χ4n) is 2.02. The number of rotatable bonds is 2. The number of carbonyl (C=O) groups is 2. The van der Waals surface area contributed by atoms with Crippen molar-refractivity contribution in [1.82, 2.24) is 10.2 Å². The van der Waals surface area contributed by atoms with Crippen LogP contribution >= 0.6 is 11.6 Å². The molecule has 1 N–H and O–H groups in total. The molecule has 1 aromatic carbocycles.